The number of halogens is 2. The largest absolute Gasteiger partial charge is 0.396 e. The van der Waals surface area contributed by atoms with Crippen LogP contribution in [0.3, 0.4) is 0 Å². The van der Waals surface area contributed by atoms with Gasteiger partial charge in [0.2, 0.25) is 0 Å². The first kappa shape index (κ1) is 20.4. The standard InChI is InChI=1S/C19H30F2N4O/c1-4-19(3,13-26)12-23-18(22-5-2)24-14-9-10-25(11-14)17-15(20)7-6-8-16(17)21/h6-8,14,26H,4-5,9-13H2,1-3H3,(H2,22,23,24). The van der Waals surface area contributed by atoms with Crippen LogP contribution in [0.1, 0.15) is 33.6 Å². The van der Waals surface area contributed by atoms with Gasteiger partial charge in [0.15, 0.2) is 5.96 Å². The van der Waals surface area contributed by atoms with Gasteiger partial charge >= 0.3 is 0 Å². The monoisotopic (exact) mass is 368 g/mol. The van der Waals surface area contributed by atoms with Crippen LogP contribution in [0, 0.1) is 17.0 Å². The van der Waals surface area contributed by atoms with Gasteiger partial charge in [0.25, 0.3) is 0 Å². The van der Waals surface area contributed by atoms with Crippen molar-refractivity contribution in [2.75, 3.05) is 37.7 Å². The topological polar surface area (TPSA) is 59.9 Å². The molecule has 1 saturated heterocycles. The highest BCUT2D eigenvalue weighted by Crippen LogP contribution is 2.26. The average Bonchev–Trinajstić information content (AvgIpc) is 3.07. The summed E-state index contributed by atoms with van der Waals surface area (Å²) >= 11 is 0. The predicted molar refractivity (Wildman–Crippen MR) is 102 cm³/mol. The molecule has 0 bridgehead atoms. The molecule has 7 heteroatoms. The number of aliphatic hydroxyl groups excluding tert-OH is 1. The maximum atomic E-state index is 14.0. The molecule has 1 aromatic carbocycles. The minimum Gasteiger partial charge on any atom is -0.396 e. The molecule has 0 aliphatic carbocycles. The minimum absolute atomic E-state index is 0.0394. The fourth-order valence-electron chi connectivity index (χ4n) is 2.93. The number of aliphatic imine (C=N–C) groups is 1. The van der Waals surface area contributed by atoms with Crippen LogP contribution >= 0.6 is 0 Å². The van der Waals surface area contributed by atoms with Gasteiger partial charge in [-0.2, -0.15) is 0 Å². The Morgan fingerprint density at radius 1 is 1.35 bits per heavy atom. The Bertz CT molecular complexity index is 599. The van der Waals surface area contributed by atoms with E-state index in [1.807, 2.05) is 20.8 Å². The summed E-state index contributed by atoms with van der Waals surface area (Å²) in [6.45, 7) is 8.40. The second-order valence-corrected chi connectivity index (χ2v) is 7.16. The van der Waals surface area contributed by atoms with Crippen LogP contribution in [0.15, 0.2) is 23.2 Å². The van der Waals surface area contributed by atoms with E-state index in [4.69, 9.17) is 0 Å². The first-order valence-corrected chi connectivity index (χ1v) is 9.27. The van der Waals surface area contributed by atoms with Crippen molar-refractivity contribution in [2.45, 2.75) is 39.7 Å². The normalized spacial score (nSPS) is 20.2. The molecule has 0 aromatic heterocycles. The number of hydrogen-bond acceptors (Lipinski definition) is 3. The van der Waals surface area contributed by atoms with Gasteiger partial charge in [-0.05, 0) is 31.9 Å². The summed E-state index contributed by atoms with van der Waals surface area (Å²) in [6.07, 6.45) is 1.60. The number of nitrogens with one attached hydrogen (secondary N) is 2. The number of hydrogen-bond donors (Lipinski definition) is 3. The van der Waals surface area contributed by atoms with Crippen molar-refractivity contribution in [2.24, 2.45) is 10.4 Å². The number of aliphatic hydroxyl groups is 1. The van der Waals surface area contributed by atoms with Gasteiger partial charge in [0, 0.05) is 31.1 Å². The molecule has 5 nitrogen and oxygen atoms in total. The zero-order chi connectivity index (χ0) is 19.2. The zero-order valence-electron chi connectivity index (χ0n) is 15.9. The molecular formula is C19H30F2N4O. The van der Waals surface area contributed by atoms with E-state index in [1.54, 1.807) is 4.90 Å². The molecule has 3 N–H and O–H groups in total. The molecule has 1 fully saturated rings. The third-order valence-corrected chi connectivity index (χ3v) is 4.98. The lowest BCUT2D eigenvalue weighted by Crippen LogP contribution is -2.45. The SMILES string of the molecule is CCNC(=NCC(C)(CC)CO)NC1CCN(c2c(F)cccc2F)C1. The van der Waals surface area contributed by atoms with Crippen molar-refractivity contribution in [3.05, 3.63) is 29.8 Å². The van der Waals surface area contributed by atoms with Crippen LogP contribution in [0.25, 0.3) is 0 Å². The van der Waals surface area contributed by atoms with Gasteiger partial charge in [-0.3, -0.25) is 4.99 Å². The molecular weight excluding hydrogens is 338 g/mol. The van der Waals surface area contributed by atoms with E-state index in [0.29, 0.717) is 32.1 Å². The Morgan fingerprint density at radius 2 is 2.04 bits per heavy atom. The molecule has 0 spiro atoms. The highest BCUT2D eigenvalue weighted by molar-refractivity contribution is 5.80. The highest BCUT2D eigenvalue weighted by atomic mass is 19.1. The molecule has 1 heterocycles. The van der Waals surface area contributed by atoms with Crippen molar-refractivity contribution in [3.63, 3.8) is 0 Å². The molecule has 0 amide bonds. The van der Waals surface area contributed by atoms with Crippen molar-refractivity contribution in [1.29, 1.82) is 0 Å². The fraction of sp³-hybridized carbons (Fsp3) is 0.632. The summed E-state index contributed by atoms with van der Waals surface area (Å²) < 4.78 is 28.0. The Kier molecular flexibility index (Phi) is 7.20. The van der Waals surface area contributed by atoms with E-state index in [2.05, 4.69) is 15.6 Å². The molecule has 0 saturated carbocycles. The molecule has 1 aliphatic rings. The molecule has 2 unspecified atom stereocenters. The molecule has 2 rings (SSSR count). The van der Waals surface area contributed by atoms with Crippen LogP contribution in [0.2, 0.25) is 0 Å². The predicted octanol–water partition coefficient (Wildman–Crippen LogP) is 2.51. The van der Waals surface area contributed by atoms with Crippen LogP contribution in [0.4, 0.5) is 14.5 Å². The van der Waals surface area contributed by atoms with Crippen molar-refractivity contribution < 1.29 is 13.9 Å². The number of rotatable bonds is 7. The molecule has 2 atom stereocenters. The smallest absolute Gasteiger partial charge is 0.191 e. The Hall–Kier alpha value is -1.89. The first-order chi connectivity index (χ1) is 12.4. The van der Waals surface area contributed by atoms with Gasteiger partial charge in [0.1, 0.15) is 17.3 Å². The molecule has 146 valence electrons. The van der Waals surface area contributed by atoms with Crippen molar-refractivity contribution in [3.8, 4) is 0 Å². The maximum absolute atomic E-state index is 14.0. The van der Waals surface area contributed by atoms with Gasteiger partial charge in [-0.25, -0.2) is 8.78 Å². The minimum atomic E-state index is -0.534. The average molecular weight is 368 g/mol. The summed E-state index contributed by atoms with van der Waals surface area (Å²) in [5.74, 6) is -0.401. The van der Waals surface area contributed by atoms with Gasteiger partial charge in [0.05, 0.1) is 13.2 Å². The van der Waals surface area contributed by atoms with E-state index in [1.165, 1.54) is 18.2 Å². The van der Waals surface area contributed by atoms with E-state index in [9.17, 15) is 13.9 Å². The number of benzene rings is 1. The number of guanidine groups is 1. The maximum Gasteiger partial charge on any atom is 0.191 e. The van der Waals surface area contributed by atoms with E-state index in [-0.39, 0.29) is 23.8 Å². The Labute approximate surface area is 154 Å². The van der Waals surface area contributed by atoms with Gasteiger partial charge in [-0.1, -0.05) is 19.9 Å². The number of anilines is 1. The second-order valence-electron chi connectivity index (χ2n) is 7.16. The van der Waals surface area contributed by atoms with Crippen LogP contribution in [0.5, 0.6) is 0 Å². The lowest BCUT2D eigenvalue weighted by Gasteiger charge is -2.25. The summed E-state index contributed by atoms with van der Waals surface area (Å²) in [7, 11) is 0. The molecule has 0 radical (unpaired) electrons. The van der Waals surface area contributed by atoms with Crippen molar-refractivity contribution in [1.82, 2.24) is 10.6 Å². The zero-order valence-corrected chi connectivity index (χ0v) is 15.9. The number of nitrogens with zero attached hydrogens (tertiary/aromatic N) is 2. The molecule has 1 aromatic rings. The summed E-state index contributed by atoms with van der Waals surface area (Å²) in [5.41, 5.74) is -0.210. The second kappa shape index (κ2) is 9.16. The summed E-state index contributed by atoms with van der Waals surface area (Å²) in [4.78, 5) is 6.32. The van der Waals surface area contributed by atoms with Crippen LogP contribution in [-0.2, 0) is 0 Å². The third kappa shape index (κ3) is 5.06. The Morgan fingerprint density at radius 3 is 2.62 bits per heavy atom. The van der Waals surface area contributed by atoms with Gasteiger partial charge in [-0.15, -0.1) is 0 Å². The van der Waals surface area contributed by atoms with E-state index < -0.39 is 11.6 Å². The quantitative estimate of drug-likeness (QED) is 0.511. The van der Waals surface area contributed by atoms with Crippen LogP contribution in [-0.4, -0.2) is 49.9 Å². The Balaban J connectivity index is 2.02. The van der Waals surface area contributed by atoms with E-state index in [0.717, 1.165) is 12.8 Å². The molecule has 26 heavy (non-hydrogen) atoms. The molecule has 1 aliphatic heterocycles. The lowest BCUT2D eigenvalue weighted by atomic mass is 9.89. The highest BCUT2D eigenvalue weighted by Gasteiger charge is 2.27. The first-order valence-electron chi connectivity index (χ1n) is 9.27. The fourth-order valence-corrected chi connectivity index (χ4v) is 2.93. The third-order valence-electron chi connectivity index (χ3n) is 4.98. The summed E-state index contributed by atoms with van der Waals surface area (Å²) in [6, 6.07) is 3.99. The van der Waals surface area contributed by atoms with Crippen molar-refractivity contribution >= 4 is 11.6 Å². The number of para-hydroxylation sites is 1. The van der Waals surface area contributed by atoms with Gasteiger partial charge < -0.3 is 20.6 Å². The summed E-state index contributed by atoms with van der Waals surface area (Å²) in [5, 5.41) is 16.1. The lowest BCUT2D eigenvalue weighted by molar-refractivity contribution is 0.145. The van der Waals surface area contributed by atoms with Crippen LogP contribution < -0.4 is 15.5 Å². The van der Waals surface area contributed by atoms with E-state index >= 15 is 0 Å².